The number of nitrogens with two attached hydrogens (primary N) is 1. The molecule has 2 nitrogen and oxygen atoms in total. The van der Waals surface area contributed by atoms with Gasteiger partial charge in [-0.3, -0.25) is 0 Å². The van der Waals surface area contributed by atoms with Gasteiger partial charge in [0.15, 0.2) is 0 Å². The Morgan fingerprint density at radius 3 is 1.53 bits per heavy atom. The predicted molar refractivity (Wildman–Crippen MR) is 129 cm³/mol. The van der Waals surface area contributed by atoms with Crippen molar-refractivity contribution >= 4 is 40.5 Å². The normalized spacial score (nSPS) is 11.1. The van der Waals surface area contributed by atoms with E-state index in [1.165, 1.54) is 15.9 Å². The van der Waals surface area contributed by atoms with Crippen LogP contribution in [0.4, 0.5) is 5.69 Å². The van der Waals surface area contributed by atoms with Gasteiger partial charge in [-0.05, 0) is 48.5 Å². The second kappa shape index (κ2) is 8.72. The van der Waals surface area contributed by atoms with E-state index in [0.29, 0.717) is 22.4 Å². The minimum Gasteiger partial charge on any atom is -0.398 e. The van der Waals surface area contributed by atoms with Gasteiger partial charge in [-0.25, -0.2) is 0 Å². The van der Waals surface area contributed by atoms with Crippen molar-refractivity contribution in [1.82, 2.24) is 0 Å². The van der Waals surface area contributed by atoms with Crippen molar-refractivity contribution in [3.63, 3.8) is 0 Å². The topological polar surface area (TPSA) is 49.8 Å². The van der Waals surface area contributed by atoms with Crippen LogP contribution >= 0.6 is 18.9 Å². The molecule has 0 aliphatic heterocycles. The zero-order chi connectivity index (χ0) is 21.0. The molecule has 4 rings (SSSR count). The molecule has 0 bridgehead atoms. The Bertz CT molecular complexity index is 1090. The lowest BCUT2D eigenvalue weighted by Gasteiger charge is -2.28. The van der Waals surface area contributed by atoms with Crippen molar-refractivity contribution in [3.05, 3.63) is 119 Å². The Balaban J connectivity index is 2.06. The highest BCUT2D eigenvalue weighted by atomic mass is 35.5. The number of halogens is 1. The number of nitriles is 1. The highest BCUT2D eigenvalue weighted by Crippen LogP contribution is 2.59. The van der Waals surface area contributed by atoms with Gasteiger partial charge in [0.2, 0.25) is 0 Å². The molecule has 0 radical (unpaired) electrons. The molecule has 0 aliphatic rings. The number of benzene rings is 4. The first kappa shape index (κ1) is 20.2. The lowest BCUT2D eigenvalue weighted by molar-refractivity contribution is 1.37. The van der Waals surface area contributed by atoms with Gasteiger partial charge in [0.1, 0.15) is 35.4 Å². The summed E-state index contributed by atoms with van der Waals surface area (Å²) < 4.78 is 0. The van der Waals surface area contributed by atoms with Crippen molar-refractivity contribution in [2.45, 2.75) is 6.16 Å². The van der Waals surface area contributed by atoms with Gasteiger partial charge in [0.05, 0.1) is 10.6 Å². The smallest absolute Gasteiger partial charge is 0.116 e. The molecule has 0 saturated carbocycles. The van der Waals surface area contributed by atoms with Crippen LogP contribution in [-0.4, -0.2) is 0 Å². The van der Waals surface area contributed by atoms with Gasteiger partial charge in [-0.15, -0.1) is 0 Å². The van der Waals surface area contributed by atoms with E-state index in [4.69, 9.17) is 17.3 Å². The standard InChI is InChI=1S/C26H21ClN2P/c27-26-20(18-28)16-17-25(29)24(26)19-30(21-10-4-1-5-11-21,22-12-6-2-7-13-22)23-14-8-3-9-15-23/h1-17H,19,29H2/q+1. The number of hydrogen-bond donors (Lipinski definition) is 1. The average Bonchev–Trinajstić information content (AvgIpc) is 2.81. The summed E-state index contributed by atoms with van der Waals surface area (Å²) in [7, 11) is -2.13. The molecule has 0 fully saturated rings. The molecule has 30 heavy (non-hydrogen) atoms. The molecule has 2 N–H and O–H groups in total. The molecule has 4 heteroatoms. The summed E-state index contributed by atoms with van der Waals surface area (Å²) >= 11 is 6.70. The van der Waals surface area contributed by atoms with Crippen LogP contribution in [0.25, 0.3) is 0 Å². The number of anilines is 1. The van der Waals surface area contributed by atoms with Crippen molar-refractivity contribution in [2.75, 3.05) is 5.73 Å². The molecule has 0 spiro atoms. The van der Waals surface area contributed by atoms with E-state index in [2.05, 4.69) is 78.9 Å². The van der Waals surface area contributed by atoms with Gasteiger partial charge in [0, 0.05) is 11.3 Å². The van der Waals surface area contributed by atoms with E-state index < -0.39 is 7.26 Å². The van der Waals surface area contributed by atoms with Crippen molar-refractivity contribution in [3.8, 4) is 6.07 Å². The van der Waals surface area contributed by atoms with Crippen LogP contribution in [0.2, 0.25) is 5.02 Å². The molecule has 4 aromatic carbocycles. The minimum atomic E-state index is -2.13. The highest BCUT2D eigenvalue weighted by molar-refractivity contribution is 7.95. The Morgan fingerprint density at radius 2 is 1.13 bits per heavy atom. The van der Waals surface area contributed by atoms with Crippen LogP contribution in [0.5, 0.6) is 0 Å². The lowest BCUT2D eigenvalue weighted by atomic mass is 10.1. The molecule has 0 aliphatic carbocycles. The molecule has 146 valence electrons. The van der Waals surface area contributed by atoms with Gasteiger partial charge in [-0.2, -0.15) is 5.26 Å². The first-order valence-electron chi connectivity index (χ1n) is 9.68. The van der Waals surface area contributed by atoms with Gasteiger partial charge in [0.25, 0.3) is 0 Å². The zero-order valence-electron chi connectivity index (χ0n) is 16.4. The number of rotatable bonds is 5. The van der Waals surface area contributed by atoms with Crippen molar-refractivity contribution < 1.29 is 0 Å². The summed E-state index contributed by atoms with van der Waals surface area (Å²) in [6.07, 6.45) is 0.644. The fourth-order valence-corrected chi connectivity index (χ4v) is 8.56. The number of hydrogen-bond acceptors (Lipinski definition) is 2. The zero-order valence-corrected chi connectivity index (χ0v) is 18.0. The maximum atomic E-state index is 9.52. The van der Waals surface area contributed by atoms with Gasteiger partial charge < -0.3 is 5.73 Å². The maximum Gasteiger partial charge on any atom is 0.116 e. The molecular weight excluding hydrogens is 407 g/mol. The van der Waals surface area contributed by atoms with Crippen molar-refractivity contribution in [1.29, 1.82) is 5.26 Å². The summed E-state index contributed by atoms with van der Waals surface area (Å²) in [5.74, 6) is 0. The van der Waals surface area contributed by atoms with Crippen LogP contribution in [0.15, 0.2) is 103 Å². The molecule has 0 aromatic heterocycles. The van der Waals surface area contributed by atoms with E-state index in [9.17, 15) is 5.26 Å². The highest BCUT2D eigenvalue weighted by Gasteiger charge is 2.46. The third-order valence-corrected chi connectivity index (χ3v) is 10.1. The Morgan fingerprint density at radius 1 is 0.700 bits per heavy atom. The first-order chi connectivity index (χ1) is 14.7. The SMILES string of the molecule is N#Cc1ccc(N)c(C[P+](c2ccccc2)(c2ccccc2)c2ccccc2)c1Cl. The third-order valence-electron chi connectivity index (χ3n) is 5.39. The van der Waals surface area contributed by atoms with E-state index in [-0.39, 0.29) is 0 Å². The number of nitrogens with zero attached hydrogens (tertiary/aromatic N) is 1. The summed E-state index contributed by atoms with van der Waals surface area (Å²) in [4.78, 5) is 0. The van der Waals surface area contributed by atoms with E-state index in [1.807, 2.05) is 18.2 Å². The van der Waals surface area contributed by atoms with Crippen LogP contribution in [0.3, 0.4) is 0 Å². The predicted octanol–water partition coefficient (Wildman–Crippen LogP) is 5.29. The van der Waals surface area contributed by atoms with Crippen LogP contribution < -0.4 is 21.6 Å². The number of nitrogen functional groups attached to an aromatic ring is 1. The minimum absolute atomic E-state index is 0.449. The molecule has 0 saturated heterocycles. The quantitative estimate of drug-likeness (QED) is 0.347. The van der Waals surface area contributed by atoms with Crippen LogP contribution in [0, 0.1) is 11.3 Å². The third kappa shape index (κ3) is 3.59. The molecule has 0 amide bonds. The summed E-state index contributed by atoms with van der Waals surface area (Å²) in [6, 6.07) is 37.3. The molecule has 0 atom stereocenters. The molecular formula is C26H21ClN2P+. The van der Waals surface area contributed by atoms with E-state index >= 15 is 0 Å². The average molecular weight is 428 g/mol. The molecule has 4 aromatic rings. The Labute approximate surface area is 182 Å². The Hall–Kier alpha value is -3.11. The molecule has 0 heterocycles. The van der Waals surface area contributed by atoms with E-state index in [1.54, 1.807) is 12.1 Å². The lowest BCUT2D eigenvalue weighted by Crippen LogP contribution is -2.32. The Kier molecular flexibility index (Phi) is 5.86. The van der Waals surface area contributed by atoms with Gasteiger partial charge in [-0.1, -0.05) is 66.2 Å². The van der Waals surface area contributed by atoms with Crippen LogP contribution in [0.1, 0.15) is 11.1 Å². The second-order valence-electron chi connectivity index (χ2n) is 7.08. The van der Waals surface area contributed by atoms with Crippen molar-refractivity contribution in [2.24, 2.45) is 0 Å². The van der Waals surface area contributed by atoms with Crippen LogP contribution in [-0.2, 0) is 6.16 Å². The van der Waals surface area contributed by atoms with E-state index in [0.717, 1.165) is 5.56 Å². The molecule has 0 unspecified atom stereocenters. The largest absolute Gasteiger partial charge is 0.398 e. The summed E-state index contributed by atoms with van der Waals surface area (Å²) in [6.45, 7) is 0. The fourth-order valence-electron chi connectivity index (χ4n) is 3.89. The second-order valence-corrected chi connectivity index (χ2v) is 10.9. The maximum absolute atomic E-state index is 9.52. The summed E-state index contributed by atoms with van der Waals surface area (Å²) in [5, 5.41) is 13.7. The summed E-state index contributed by atoms with van der Waals surface area (Å²) in [5.41, 5.74) is 8.31. The fraction of sp³-hybridized carbons (Fsp3) is 0.0385. The first-order valence-corrected chi connectivity index (χ1v) is 12.0. The monoisotopic (exact) mass is 427 g/mol. The van der Waals surface area contributed by atoms with Gasteiger partial charge >= 0.3 is 0 Å².